The number of ether oxygens (including phenoxy) is 1. The highest BCUT2D eigenvalue weighted by molar-refractivity contribution is 6.32. The van der Waals surface area contributed by atoms with Gasteiger partial charge in [-0.3, -0.25) is 4.79 Å². The Hall–Kier alpha value is -1.26. The average Bonchev–Trinajstić information content (AvgIpc) is 2.35. The molecule has 0 radical (unpaired) electrons. The van der Waals surface area contributed by atoms with E-state index in [1.807, 2.05) is 0 Å². The average molecular weight is 271 g/mol. The Balaban J connectivity index is 2.42. The Kier molecular flexibility index (Phi) is 6.54. The van der Waals surface area contributed by atoms with Crippen LogP contribution in [-0.2, 0) is 4.79 Å². The third-order valence-corrected chi connectivity index (χ3v) is 2.69. The highest BCUT2D eigenvalue weighted by Gasteiger charge is 2.05. The molecule has 0 aliphatic heterocycles. The van der Waals surface area contributed by atoms with Crippen LogP contribution >= 0.6 is 11.6 Å². The van der Waals surface area contributed by atoms with Crippen LogP contribution in [0.25, 0.3) is 0 Å². The van der Waals surface area contributed by atoms with Crippen molar-refractivity contribution in [1.82, 2.24) is 5.32 Å². The molecule has 1 rings (SSSR count). The molecule has 0 spiro atoms. The number of nitrogens with one attached hydrogen (secondary N) is 2. The minimum absolute atomic E-state index is 0.0279. The highest BCUT2D eigenvalue weighted by atomic mass is 35.5. The van der Waals surface area contributed by atoms with Gasteiger partial charge in [-0.2, -0.15) is 0 Å². The maximum Gasteiger partial charge on any atom is 0.225 e. The molecule has 18 heavy (non-hydrogen) atoms. The topological polar surface area (TPSA) is 50.4 Å². The van der Waals surface area contributed by atoms with E-state index in [2.05, 4.69) is 17.6 Å². The standard InChI is InChI=1S/C13H19ClN2O2/c1-3-7-15-8-6-13(17)16-10-4-5-12(18-2)11(14)9-10/h4-5,9,15H,3,6-8H2,1-2H3,(H,16,17). The van der Waals surface area contributed by atoms with Crippen molar-refractivity contribution in [2.75, 3.05) is 25.5 Å². The molecule has 0 saturated carbocycles. The number of anilines is 1. The lowest BCUT2D eigenvalue weighted by Gasteiger charge is -2.08. The summed E-state index contributed by atoms with van der Waals surface area (Å²) >= 11 is 5.97. The van der Waals surface area contributed by atoms with Crippen LogP contribution in [0.1, 0.15) is 19.8 Å². The zero-order chi connectivity index (χ0) is 13.4. The summed E-state index contributed by atoms with van der Waals surface area (Å²) in [6, 6.07) is 5.17. The first-order valence-corrected chi connectivity index (χ1v) is 6.39. The monoisotopic (exact) mass is 270 g/mol. The van der Waals surface area contributed by atoms with Crippen LogP contribution in [0.4, 0.5) is 5.69 Å². The maximum absolute atomic E-state index is 11.6. The normalized spacial score (nSPS) is 10.2. The van der Waals surface area contributed by atoms with Gasteiger partial charge in [0.25, 0.3) is 0 Å². The van der Waals surface area contributed by atoms with Crippen LogP contribution in [0, 0.1) is 0 Å². The molecule has 1 aromatic rings. The summed E-state index contributed by atoms with van der Waals surface area (Å²) in [5.74, 6) is 0.569. The van der Waals surface area contributed by atoms with Crippen LogP contribution in [0.3, 0.4) is 0 Å². The lowest BCUT2D eigenvalue weighted by atomic mass is 10.3. The maximum atomic E-state index is 11.6. The van der Waals surface area contributed by atoms with Crippen molar-refractivity contribution in [2.24, 2.45) is 0 Å². The fourth-order valence-corrected chi connectivity index (χ4v) is 1.73. The van der Waals surface area contributed by atoms with Crippen LogP contribution in [0.2, 0.25) is 5.02 Å². The number of hydrogen-bond acceptors (Lipinski definition) is 3. The predicted molar refractivity (Wildman–Crippen MR) is 74.4 cm³/mol. The van der Waals surface area contributed by atoms with Gasteiger partial charge in [0.1, 0.15) is 5.75 Å². The number of amides is 1. The molecule has 5 heteroatoms. The molecule has 0 heterocycles. The summed E-state index contributed by atoms with van der Waals surface area (Å²) in [6.07, 6.45) is 1.51. The lowest BCUT2D eigenvalue weighted by Crippen LogP contribution is -2.22. The molecule has 100 valence electrons. The fraction of sp³-hybridized carbons (Fsp3) is 0.462. The van der Waals surface area contributed by atoms with E-state index in [0.717, 1.165) is 13.0 Å². The molecule has 1 amide bonds. The molecule has 4 nitrogen and oxygen atoms in total. The van der Waals surface area contributed by atoms with Gasteiger partial charge in [-0.05, 0) is 31.2 Å². The first-order chi connectivity index (χ1) is 8.67. The van der Waals surface area contributed by atoms with Crippen LogP contribution in [0.5, 0.6) is 5.75 Å². The molecule has 0 aliphatic rings. The molecular formula is C13H19ClN2O2. The van der Waals surface area contributed by atoms with Crippen molar-refractivity contribution >= 4 is 23.2 Å². The fourth-order valence-electron chi connectivity index (χ4n) is 1.47. The van der Waals surface area contributed by atoms with Gasteiger partial charge in [0.15, 0.2) is 0 Å². The van der Waals surface area contributed by atoms with Gasteiger partial charge in [-0.1, -0.05) is 18.5 Å². The van der Waals surface area contributed by atoms with Gasteiger partial charge in [0.05, 0.1) is 12.1 Å². The Labute approximate surface area is 113 Å². The van der Waals surface area contributed by atoms with E-state index < -0.39 is 0 Å². The van der Waals surface area contributed by atoms with Crippen molar-refractivity contribution in [3.63, 3.8) is 0 Å². The summed E-state index contributed by atoms with van der Waals surface area (Å²) in [6.45, 7) is 3.71. The smallest absolute Gasteiger partial charge is 0.225 e. The highest BCUT2D eigenvalue weighted by Crippen LogP contribution is 2.27. The first-order valence-electron chi connectivity index (χ1n) is 6.01. The van der Waals surface area contributed by atoms with Crippen LogP contribution in [-0.4, -0.2) is 26.1 Å². The van der Waals surface area contributed by atoms with Crippen LogP contribution in [0.15, 0.2) is 18.2 Å². The van der Waals surface area contributed by atoms with Crippen molar-refractivity contribution in [2.45, 2.75) is 19.8 Å². The molecule has 2 N–H and O–H groups in total. The molecular weight excluding hydrogens is 252 g/mol. The minimum atomic E-state index is -0.0279. The van der Waals surface area contributed by atoms with Gasteiger partial charge in [-0.25, -0.2) is 0 Å². The van der Waals surface area contributed by atoms with Gasteiger partial charge in [0.2, 0.25) is 5.91 Å². The zero-order valence-corrected chi connectivity index (χ0v) is 11.5. The largest absolute Gasteiger partial charge is 0.495 e. The summed E-state index contributed by atoms with van der Waals surface area (Å²) in [5.41, 5.74) is 0.682. The number of halogens is 1. The number of carbonyl (C=O) groups excluding carboxylic acids is 1. The van der Waals surface area contributed by atoms with Crippen molar-refractivity contribution in [1.29, 1.82) is 0 Å². The summed E-state index contributed by atoms with van der Waals surface area (Å²) < 4.78 is 5.04. The first kappa shape index (κ1) is 14.8. The summed E-state index contributed by atoms with van der Waals surface area (Å²) in [4.78, 5) is 11.6. The van der Waals surface area contributed by atoms with Gasteiger partial charge < -0.3 is 15.4 Å². The van der Waals surface area contributed by atoms with Gasteiger partial charge >= 0.3 is 0 Å². The number of carbonyl (C=O) groups is 1. The Bertz CT molecular complexity index is 397. The number of methoxy groups -OCH3 is 1. The minimum Gasteiger partial charge on any atom is -0.495 e. The second-order valence-corrected chi connectivity index (χ2v) is 4.30. The molecule has 0 saturated heterocycles. The molecule has 0 aromatic heterocycles. The number of hydrogen-bond donors (Lipinski definition) is 2. The third kappa shape index (κ3) is 4.94. The van der Waals surface area contributed by atoms with E-state index in [0.29, 0.717) is 29.4 Å². The quantitative estimate of drug-likeness (QED) is 0.749. The number of benzene rings is 1. The van der Waals surface area contributed by atoms with E-state index in [-0.39, 0.29) is 5.91 Å². The van der Waals surface area contributed by atoms with E-state index in [1.54, 1.807) is 25.3 Å². The third-order valence-electron chi connectivity index (χ3n) is 2.39. The molecule has 0 aliphatic carbocycles. The second kappa shape index (κ2) is 7.95. The molecule has 1 aromatic carbocycles. The number of rotatable bonds is 7. The zero-order valence-electron chi connectivity index (χ0n) is 10.8. The van der Waals surface area contributed by atoms with E-state index in [1.165, 1.54) is 0 Å². The molecule has 0 fully saturated rings. The molecule has 0 bridgehead atoms. The second-order valence-electron chi connectivity index (χ2n) is 3.90. The van der Waals surface area contributed by atoms with E-state index in [4.69, 9.17) is 16.3 Å². The van der Waals surface area contributed by atoms with Crippen LogP contribution < -0.4 is 15.4 Å². The lowest BCUT2D eigenvalue weighted by molar-refractivity contribution is -0.116. The Morgan fingerprint density at radius 1 is 1.39 bits per heavy atom. The van der Waals surface area contributed by atoms with E-state index >= 15 is 0 Å². The molecule has 0 atom stereocenters. The Morgan fingerprint density at radius 2 is 2.17 bits per heavy atom. The molecule has 0 unspecified atom stereocenters. The van der Waals surface area contributed by atoms with E-state index in [9.17, 15) is 4.79 Å². The summed E-state index contributed by atoms with van der Waals surface area (Å²) in [5, 5.41) is 6.45. The van der Waals surface area contributed by atoms with Gasteiger partial charge in [0, 0.05) is 18.7 Å². The SMILES string of the molecule is CCCNCCC(=O)Nc1ccc(OC)c(Cl)c1. The predicted octanol–water partition coefficient (Wildman–Crippen LogP) is 2.68. The van der Waals surface area contributed by atoms with Crippen molar-refractivity contribution in [3.8, 4) is 5.75 Å². The van der Waals surface area contributed by atoms with Gasteiger partial charge in [-0.15, -0.1) is 0 Å². The van der Waals surface area contributed by atoms with Crippen molar-refractivity contribution in [3.05, 3.63) is 23.2 Å². The summed E-state index contributed by atoms with van der Waals surface area (Å²) in [7, 11) is 1.55. The Morgan fingerprint density at radius 3 is 2.78 bits per heavy atom. The van der Waals surface area contributed by atoms with Crippen molar-refractivity contribution < 1.29 is 9.53 Å².